The minimum Gasteiger partial charge on any atom is -0.487 e. The van der Waals surface area contributed by atoms with Gasteiger partial charge >= 0.3 is 0 Å². The van der Waals surface area contributed by atoms with Crippen LogP contribution in [0.15, 0.2) is 53.6 Å². The molecule has 1 fully saturated rings. The largest absolute Gasteiger partial charge is 0.487 e. The number of benzene rings is 2. The van der Waals surface area contributed by atoms with Crippen molar-refractivity contribution in [2.75, 3.05) is 4.90 Å². The van der Waals surface area contributed by atoms with Crippen molar-refractivity contribution in [3.05, 3.63) is 69.2 Å². The molecule has 0 atom stereocenters. The van der Waals surface area contributed by atoms with E-state index in [1.54, 1.807) is 30.3 Å². The number of hydrogen-bond donors (Lipinski definition) is 0. The minimum atomic E-state index is -0.291. The van der Waals surface area contributed by atoms with E-state index < -0.39 is 0 Å². The predicted octanol–water partition coefficient (Wildman–Crippen LogP) is 5.17. The van der Waals surface area contributed by atoms with Crippen LogP contribution in [0.25, 0.3) is 0 Å². The number of hydrogen-bond acceptors (Lipinski definition) is 3. The molecule has 2 aromatic rings. The molecule has 0 radical (unpaired) electrons. The molecule has 3 rings (SSSR count). The quantitative estimate of drug-likeness (QED) is 0.534. The Bertz CT molecular complexity index is 900. The Labute approximate surface area is 162 Å². The van der Waals surface area contributed by atoms with E-state index in [1.165, 1.54) is 4.90 Å². The van der Waals surface area contributed by atoms with Crippen LogP contribution in [-0.4, -0.2) is 11.8 Å². The number of imide groups is 1. The van der Waals surface area contributed by atoms with Gasteiger partial charge in [0.2, 0.25) is 5.91 Å². The first-order valence-corrected chi connectivity index (χ1v) is 8.83. The van der Waals surface area contributed by atoms with Gasteiger partial charge in [-0.25, -0.2) is 4.90 Å². The number of anilines is 1. The van der Waals surface area contributed by atoms with E-state index in [0.717, 1.165) is 11.1 Å². The number of carbonyl (C=O) groups is 2. The fourth-order valence-electron chi connectivity index (χ4n) is 2.69. The number of nitrogens with zero attached hydrogens (tertiary/aromatic N) is 1. The zero-order chi connectivity index (χ0) is 18.8. The topological polar surface area (TPSA) is 46.6 Å². The molecule has 1 heterocycles. The summed E-state index contributed by atoms with van der Waals surface area (Å²) in [7, 11) is 0. The van der Waals surface area contributed by atoms with Gasteiger partial charge in [-0.1, -0.05) is 40.9 Å². The Balaban J connectivity index is 1.84. The molecule has 0 aromatic heterocycles. The Morgan fingerprint density at radius 2 is 1.77 bits per heavy atom. The third-order valence-corrected chi connectivity index (χ3v) is 4.69. The summed E-state index contributed by atoms with van der Waals surface area (Å²) in [5.41, 5.74) is 2.76. The van der Waals surface area contributed by atoms with Gasteiger partial charge in [-0.3, -0.25) is 9.59 Å². The first kappa shape index (κ1) is 18.5. The summed E-state index contributed by atoms with van der Waals surface area (Å²) in [5, 5.41) is 1.05. The third kappa shape index (κ3) is 3.76. The molecule has 1 saturated heterocycles. The van der Waals surface area contributed by atoms with Gasteiger partial charge in [0.15, 0.2) is 0 Å². The van der Waals surface area contributed by atoms with Gasteiger partial charge in [0, 0.05) is 16.7 Å². The fraction of sp³-hybridized carbons (Fsp3) is 0.200. The molecule has 134 valence electrons. The molecule has 1 aliphatic heterocycles. The second kappa shape index (κ2) is 7.52. The van der Waals surface area contributed by atoms with Crippen LogP contribution in [0.2, 0.25) is 10.0 Å². The molecule has 0 bridgehead atoms. The van der Waals surface area contributed by atoms with E-state index in [-0.39, 0.29) is 18.2 Å². The third-order valence-electron chi connectivity index (χ3n) is 4.12. The van der Waals surface area contributed by atoms with Crippen LogP contribution in [-0.2, 0) is 16.2 Å². The summed E-state index contributed by atoms with van der Waals surface area (Å²) >= 11 is 12.1. The van der Waals surface area contributed by atoms with Gasteiger partial charge in [-0.15, -0.1) is 0 Å². The summed E-state index contributed by atoms with van der Waals surface area (Å²) < 4.78 is 5.77. The molecule has 0 N–H and O–H groups in total. The van der Waals surface area contributed by atoms with Crippen molar-refractivity contribution in [3.8, 4) is 5.75 Å². The van der Waals surface area contributed by atoms with Gasteiger partial charge in [0.05, 0.1) is 17.1 Å². The Hall–Kier alpha value is -2.30. The van der Waals surface area contributed by atoms with E-state index in [2.05, 4.69) is 0 Å². The van der Waals surface area contributed by atoms with Crippen LogP contribution >= 0.6 is 23.2 Å². The van der Waals surface area contributed by atoms with Gasteiger partial charge in [-0.2, -0.15) is 0 Å². The number of carbonyl (C=O) groups excluding carboxylic acids is 2. The molecular weight excluding hydrogens is 373 g/mol. The molecule has 0 unspecified atom stereocenters. The van der Waals surface area contributed by atoms with Crippen molar-refractivity contribution in [3.63, 3.8) is 0 Å². The summed E-state index contributed by atoms with van der Waals surface area (Å²) in [5.74, 6) is -0.136. The van der Waals surface area contributed by atoms with Crippen molar-refractivity contribution in [2.24, 2.45) is 0 Å². The lowest BCUT2D eigenvalue weighted by Gasteiger charge is -2.16. The first-order valence-electron chi connectivity index (χ1n) is 8.07. The highest BCUT2D eigenvalue weighted by atomic mass is 35.5. The highest BCUT2D eigenvalue weighted by Gasteiger charge is 2.35. The van der Waals surface area contributed by atoms with Gasteiger partial charge in [-0.05, 0) is 43.7 Å². The number of halogens is 2. The summed E-state index contributed by atoms with van der Waals surface area (Å²) in [4.78, 5) is 26.0. The molecule has 0 aliphatic carbocycles. The number of allylic oxidation sites excluding steroid dienone is 1. The zero-order valence-corrected chi connectivity index (χ0v) is 15.9. The van der Waals surface area contributed by atoms with E-state index in [1.807, 2.05) is 26.0 Å². The van der Waals surface area contributed by atoms with Crippen molar-refractivity contribution >= 4 is 40.7 Å². The van der Waals surface area contributed by atoms with Gasteiger partial charge in [0.1, 0.15) is 12.4 Å². The SMILES string of the molecule is CC(C)=C1CC(=O)N(c2ccc(Cl)c(OCc3ccc(Cl)cc3)c2)C1=O. The highest BCUT2D eigenvalue weighted by Crippen LogP contribution is 2.34. The number of ether oxygens (including phenoxy) is 1. The average Bonchev–Trinajstić information content (AvgIpc) is 2.90. The molecule has 6 heteroatoms. The summed E-state index contributed by atoms with van der Waals surface area (Å²) in [6.07, 6.45) is 0.116. The minimum absolute atomic E-state index is 0.116. The number of rotatable bonds is 4. The van der Waals surface area contributed by atoms with Crippen LogP contribution in [0.4, 0.5) is 5.69 Å². The smallest absolute Gasteiger partial charge is 0.261 e. The van der Waals surface area contributed by atoms with E-state index in [4.69, 9.17) is 27.9 Å². The lowest BCUT2D eigenvalue weighted by Crippen LogP contribution is -2.29. The monoisotopic (exact) mass is 389 g/mol. The Kier molecular flexibility index (Phi) is 5.35. The van der Waals surface area contributed by atoms with Crippen LogP contribution in [0.1, 0.15) is 25.8 Å². The predicted molar refractivity (Wildman–Crippen MR) is 103 cm³/mol. The first-order chi connectivity index (χ1) is 12.4. The Morgan fingerprint density at radius 3 is 2.38 bits per heavy atom. The van der Waals surface area contributed by atoms with E-state index >= 15 is 0 Å². The van der Waals surface area contributed by atoms with E-state index in [0.29, 0.717) is 33.7 Å². The summed E-state index contributed by atoms with van der Waals surface area (Å²) in [6.45, 7) is 3.94. The van der Waals surface area contributed by atoms with Crippen molar-refractivity contribution in [2.45, 2.75) is 26.9 Å². The standard InChI is InChI=1S/C20H17Cl2NO3/c1-12(2)16-10-19(24)23(20(16)25)15-7-8-17(22)18(9-15)26-11-13-3-5-14(21)6-4-13/h3-9H,10-11H2,1-2H3. The van der Waals surface area contributed by atoms with Crippen LogP contribution in [0, 0.1) is 0 Å². The van der Waals surface area contributed by atoms with Gasteiger partial charge < -0.3 is 4.74 Å². The maximum Gasteiger partial charge on any atom is 0.261 e. The second-order valence-electron chi connectivity index (χ2n) is 6.22. The van der Waals surface area contributed by atoms with Crippen LogP contribution < -0.4 is 9.64 Å². The van der Waals surface area contributed by atoms with Crippen LogP contribution in [0.3, 0.4) is 0 Å². The molecule has 0 spiro atoms. The fourth-order valence-corrected chi connectivity index (χ4v) is 2.99. The lowest BCUT2D eigenvalue weighted by atomic mass is 10.1. The normalized spacial score (nSPS) is 14.2. The Morgan fingerprint density at radius 1 is 1.08 bits per heavy atom. The average molecular weight is 390 g/mol. The molecule has 4 nitrogen and oxygen atoms in total. The highest BCUT2D eigenvalue weighted by molar-refractivity contribution is 6.33. The lowest BCUT2D eigenvalue weighted by molar-refractivity contribution is -0.120. The molecule has 2 aromatic carbocycles. The summed E-state index contributed by atoms with van der Waals surface area (Å²) in [6, 6.07) is 12.1. The van der Waals surface area contributed by atoms with Gasteiger partial charge in [0.25, 0.3) is 5.91 Å². The molecule has 0 saturated carbocycles. The number of amides is 2. The van der Waals surface area contributed by atoms with Crippen molar-refractivity contribution in [1.29, 1.82) is 0 Å². The molecule has 2 amide bonds. The zero-order valence-electron chi connectivity index (χ0n) is 14.4. The maximum atomic E-state index is 12.5. The second-order valence-corrected chi connectivity index (χ2v) is 7.06. The van der Waals surface area contributed by atoms with Crippen molar-refractivity contribution < 1.29 is 14.3 Å². The van der Waals surface area contributed by atoms with Crippen molar-refractivity contribution in [1.82, 2.24) is 0 Å². The molecule has 26 heavy (non-hydrogen) atoms. The maximum absolute atomic E-state index is 12.5. The van der Waals surface area contributed by atoms with E-state index in [9.17, 15) is 9.59 Å². The molecular formula is C20H17Cl2NO3. The molecule has 1 aliphatic rings. The van der Waals surface area contributed by atoms with Crippen LogP contribution in [0.5, 0.6) is 5.75 Å².